The number of benzene rings is 1. The maximum atomic E-state index is 12.5. The van der Waals surface area contributed by atoms with Crippen LogP contribution in [0.1, 0.15) is 53.3 Å². The number of nitrogens with zero attached hydrogens (tertiary/aromatic N) is 1. The minimum atomic E-state index is -0.385. The van der Waals surface area contributed by atoms with Gasteiger partial charge in [0.1, 0.15) is 0 Å². The van der Waals surface area contributed by atoms with Crippen LogP contribution >= 0.6 is 0 Å². The van der Waals surface area contributed by atoms with Gasteiger partial charge in [0, 0.05) is 17.5 Å². The summed E-state index contributed by atoms with van der Waals surface area (Å²) in [4.78, 5) is 27.1. The third-order valence-electron chi connectivity index (χ3n) is 4.58. The topological polar surface area (TPSA) is 49.4 Å². The number of ketones is 2. The first kappa shape index (κ1) is 14.4. The standard InChI is InChI=1S/C17H22N2O2/c1-12(19-9-5-2-6-10-19)18-15-11-16(20)13-7-3-4-8-14(13)17(15)21/h3-4,7-8,12,15,18H,2,5-6,9-11H2,1H3/t12?,15-/m0/s1. The zero-order valence-electron chi connectivity index (χ0n) is 12.5. The van der Waals surface area contributed by atoms with E-state index in [1.54, 1.807) is 12.1 Å². The number of hydrogen-bond acceptors (Lipinski definition) is 4. The number of Topliss-reactive ketones (excluding diaryl/α,β-unsaturated/α-hetero) is 2. The second-order valence-corrected chi connectivity index (χ2v) is 6.03. The number of likely N-dealkylation sites (tertiary alicyclic amines) is 1. The maximum Gasteiger partial charge on any atom is 0.180 e. The number of rotatable bonds is 3. The highest BCUT2D eigenvalue weighted by atomic mass is 16.1. The van der Waals surface area contributed by atoms with Crippen molar-refractivity contribution in [3.63, 3.8) is 0 Å². The van der Waals surface area contributed by atoms with Crippen molar-refractivity contribution in [3.05, 3.63) is 35.4 Å². The van der Waals surface area contributed by atoms with Gasteiger partial charge in [-0.3, -0.25) is 19.8 Å². The number of carbonyl (C=O) groups excluding carboxylic acids is 2. The highest BCUT2D eigenvalue weighted by molar-refractivity contribution is 6.16. The van der Waals surface area contributed by atoms with Gasteiger partial charge in [-0.1, -0.05) is 30.7 Å². The van der Waals surface area contributed by atoms with E-state index in [1.165, 1.54) is 19.3 Å². The molecule has 112 valence electrons. The monoisotopic (exact) mass is 286 g/mol. The quantitative estimate of drug-likeness (QED) is 0.926. The van der Waals surface area contributed by atoms with Crippen LogP contribution in [0.2, 0.25) is 0 Å². The lowest BCUT2D eigenvalue weighted by Crippen LogP contribution is -2.53. The molecule has 0 amide bonds. The fourth-order valence-corrected chi connectivity index (χ4v) is 3.35. The summed E-state index contributed by atoms with van der Waals surface area (Å²) in [6.07, 6.45) is 4.13. The molecule has 21 heavy (non-hydrogen) atoms. The van der Waals surface area contributed by atoms with E-state index >= 15 is 0 Å². The third-order valence-corrected chi connectivity index (χ3v) is 4.58. The molecule has 4 nitrogen and oxygen atoms in total. The fraction of sp³-hybridized carbons (Fsp3) is 0.529. The van der Waals surface area contributed by atoms with E-state index in [9.17, 15) is 9.59 Å². The van der Waals surface area contributed by atoms with Crippen LogP contribution in [0.15, 0.2) is 24.3 Å². The van der Waals surface area contributed by atoms with Gasteiger partial charge in [0.2, 0.25) is 0 Å². The van der Waals surface area contributed by atoms with Crippen molar-refractivity contribution < 1.29 is 9.59 Å². The molecule has 1 aromatic carbocycles. The molecule has 1 fully saturated rings. The van der Waals surface area contributed by atoms with Crippen LogP contribution in [0.4, 0.5) is 0 Å². The normalized spacial score (nSPS) is 24.7. The Morgan fingerprint density at radius 3 is 2.48 bits per heavy atom. The molecule has 4 heteroatoms. The molecule has 1 aliphatic heterocycles. The smallest absolute Gasteiger partial charge is 0.180 e. The van der Waals surface area contributed by atoms with Crippen LogP contribution in [0.25, 0.3) is 0 Å². The summed E-state index contributed by atoms with van der Waals surface area (Å²) in [5.74, 6) is 0.114. The molecular weight excluding hydrogens is 264 g/mol. The van der Waals surface area contributed by atoms with E-state index in [-0.39, 0.29) is 30.2 Å². The van der Waals surface area contributed by atoms with E-state index in [1.807, 2.05) is 12.1 Å². The van der Waals surface area contributed by atoms with E-state index in [4.69, 9.17) is 0 Å². The highest BCUT2D eigenvalue weighted by Crippen LogP contribution is 2.22. The van der Waals surface area contributed by atoms with Crippen LogP contribution in [-0.2, 0) is 0 Å². The molecule has 1 aromatic rings. The summed E-state index contributed by atoms with van der Waals surface area (Å²) in [5, 5.41) is 3.37. The SMILES string of the molecule is CC(N[C@H]1CC(=O)c2ccccc2C1=O)N1CCCCC1. The van der Waals surface area contributed by atoms with Crippen LogP contribution in [0.3, 0.4) is 0 Å². The molecular formula is C17H22N2O2. The van der Waals surface area contributed by atoms with Gasteiger partial charge in [-0.25, -0.2) is 0 Å². The Bertz CT molecular complexity index is 549. The van der Waals surface area contributed by atoms with Gasteiger partial charge in [-0.15, -0.1) is 0 Å². The first-order valence-electron chi connectivity index (χ1n) is 7.83. The summed E-state index contributed by atoms with van der Waals surface area (Å²) >= 11 is 0. The van der Waals surface area contributed by atoms with Crippen LogP contribution in [0.5, 0.6) is 0 Å². The van der Waals surface area contributed by atoms with Crippen molar-refractivity contribution in [1.82, 2.24) is 10.2 Å². The molecule has 0 spiro atoms. The van der Waals surface area contributed by atoms with Crippen LogP contribution < -0.4 is 5.32 Å². The molecule has 2 aliphatic rings. The number of fused-ring (bicyclic) bond motifs is 1. The van der Waals surface area contributed by atoms with Crippen molar-refractivity contribution in [2.24, 2.45) is 0 Å². The van der Waals surface area contributed by atoms with Gasteiger partial charge in [-0.05, 0) is 32.9 Å². The van der Waals surface area contributed by atoms with Crippen molar-refractivity contribution in [2.75, 3.05) is 13.1 Å². The molecule has 0 saturated carbocycles. The number of hydrogen-bond donors (Lipinski definition) is 1. The molecule has 1 heterocycles. The van der Waals surface area contributed by atoms with Gasteiger partial charge in [0.15, 0.2) is 11.6 Å². The minimum Gasteiger partial charge on any atom is -0.294 e. The lowest BCUT2D eigenvalue weighted by molar-refractivity contribution is 0.0790. The van der Waals surface area contributed by atoms with Gasteiger partial charge in [-0.2, -0.15) is 0 Å². The Hall–Kier alpha value is -1.52. The first-order chi connectivity index (χ1) is 10.2. The lowest BCUT2D eigenvalue weighted by Gasteiger charge is -2.35. The van der Waals surface area contributed by atoms with E-state index in [2.05, 4.69) is 17.1 Å². The summed E-state index contributed by atoms with van der Waals surface area (Å²) in [7, 11) is 0. The Morgan fingerprint density at radius 1 is 1.10 bits per heavy atom. The summed E-state index contributed by atoms with van der Waals surface area (Å²) in [5.41, 5.74) is 1.14. The second kappa shape index (κ2) is 6.08. The van der Waals surface area contributed by atoms with E-state index in [0.29, 0.717) is 11.1 Å². The average Bonchev–Trinajstić information content (AvgIpc) is 2.53. The molecule has 1 saturated heterocycles. The molecule has 1 N–H and O–H groups in total. The second-order valence-electron chi connectivity index (χ2n) is 6.03. The van der Waals surface area contributed by atoms with E-state index < -0.39 is 0 Å². The maximum absolute atomic E-state index is 12.5. The minimum absolute atomic E-state index is 0.0501. The molecule has 0 radical (unpaired) electrons. The zero-order chi connectivity index (χ0) is 14.8. The molecule has 3 rings (SSSR count). The molecule has 1 aliphatic carbocycles. The molecule has 1 unspecified atom stereocenters. The predicted octanol–water partition coefficient (Wildman–Crippen LogP) is 2.25. The van der Waals surface area contributed by atoms with Gasteiger partial charge < -0.3 is 0 Å². The van der Waals surface area contributed by atoms with E-state index in [0.717, 1.165) is 13.1 Å². The Kier molecular flexibility index (Phi) is 4.17. The first-order valence-corrected chi connectivity index (χ1v) is 7.83. The average molecular weight is 286 g/mol. The van der Waals surface area contributed by atoms with Crippen molar-refractivity contribution in [3.8, 4) is 0 Å². The lowest BCUT2D eigenvalue weighted by atomic mass is 9.86. The Labute approximate surface area is 125 Å². The zero-order valence-corrected chi connectivity index (χ0v) is 12.5. The van der Waals surface area contributed by atoms with Crippen LogP contribution in [-0.4, -0.2) is 41.8 Å². The van der Waals surface area contributed by atoms with Crippen molar-refractivity contribution >= 4 is 11.6 Å². The Balaban J connectivity index is 1.72. The van der Waals surface area contributed by atoms with Gasteiger partial charge in [0.05, 0.1) is 12.2 Å². The summed E-state index contributed by atoms with van der Waals surface area (Å²) in [6.45, 7) is 4.23. The van der Waals surface area contributed by atoms with Gasteiger partial charge in [0.25, 0.3) is 0 Å². The highest BCUT2D eigenvalue weighted by Gasteiger charge is 2.33. The number of piperidine rings is 1. The number of carbonyl (C=O) groups is 2. The predicted molar refractivity (Wildman–Crippen MR) is 81.5 cm³/mol. The molecule has 2 atom stereocenters. The summed E-state index contributed by atoms with van der Waals surface area (Å²) in [6, 6.07) is 6.76. The van der Waals surface area contributed by atoms with Crippen molar-refractivity contribution in [1.29, 1.82) is 0 Å². The largest absolute Gasteiger partial charge is 0.294 e. The van der Waals surface area contributed by atoms with Crippen molar-refractivity contribution in [2.45, 2.75) is 44.8 Å². The molecule has 0 bridgehead atoms. The van der Waals surface area contributed by atoms with Gasteiger partial charge >= 0.3 is 0 Å². The Morgan fingerprint density at radius 2 is 1.76 bits per heavy atom. The fourth-order valence-electron chi connectivity index (χ4n) is 3.35. The summed E-state index contributed by atoms with van der Waals surface area (Å²) < 4.78 is 0. The molecule has 0 aromatic heterocycles. The number of nitrogens with one attached hydrogen (secondary N) is 1. The third kappa shape index (κ3) is 2.92. The van der Waals surface area contributed by atoms with Crippen LogP contribution in [0, 0.1) is 0 Å².